The number of carbonyl (C=O) groups excluding carboxylic acids is 1. The molecule has 23 heavy (non-hydrogen) atoms. The van der Waals surface area contributed by atoms with Gasteiger partial charge in [0.15, 0.2) is 0 Å². The van der Waals surface area contributed by atoms with Crippen molar-refractivity contribution in [2.75, 3.05) is 20.2 Å². The zero-order chi connectivity index (χ0) is 16.9. The molecule has 1 atom stereocenters. The third-order valence-corrected chi connectivity index (χ3v) is 4.93. The van der Waals surface area contributed by atoms with Gasteiger partial charge in [0.2, 0.25) is 5.91 Å². The summed E-state index contributed by atoms with van der Waals surface area (Å²) in [6.07, 6.45) is 2.93. The Morgan fingerprint density at radius 3 is 2.65 bits per heavy atom. The molecule has 1 heterocycles. The summed E-state index contributed by atoms with van der Waals surface area (Å²) in [5.41, 5.74) is 0.558. The van der Waals surface area contributed by atoms with Gasteiger partial charge in [-0.05, 0) is 57.7 Å². The SMILES string of the molecule is COc1ccccc1C(C)(C)NC(=O)CC(C)C1CCNCC1. The van der Waals surface area contributed by atoms with Crippen molar-refractivity contribution < 1.29 is 9.53 Å². The van der Waals surface area contributed by atoms with Crippen LogP contribution in [0.5, 0.6) is 5.75 Å². The van der Waals surface area contributed by atoms with E-state index in [0.29, 0.717) is 18.3 Å². The van der Waals surface area contributed by atoms with E-state index in [9.17, 15) is 4.79 Å². The number of nitrogens with one attached hydrogen (secondary N) is 2. The predicted molar refractivity (Wildman–Crippen MR) is 93.5 cm³/mol. The highest BCUT2D eigenvalue weighted by molar-refractivity contribution is 5.77. The first-order valence-electron chi connectivity index (χ1n) is 8.59. The second-order valence-corrected chi connectivity index (χ2v) is 7.14. The summed E-state index contributed by atoms with van der Waals surface area (Å²) in [5.74, 6) is 2.00. The number of ether oxygens (including phenoxy) is 1. The Morgan fingerprint density at radius 1 is 1.35 bits per heavy atom. The van der Waals surface area contributed by atoms with E-state index in [0.717, 1.165) is 24.4 Å². The summed E-state index contributed by atoms with van der Waals surface area (Å²) in [6, 6.07) is 7.86. The molecule has 1 amide bonds. The van der Waals surface area contributed by atoms with Crippen LogP contribution in [0.25, 0.3) is 0 Å². The molecule has 2 rings (SSSR count). The minimum atomic E-state index is -0.447. The minimum Gasteiger partial charge on any atom is -0.496 e. The highest BCUT2D eigenvalue weighted by atomic mass is 16.5. The van der Waals surface area contributed by atoms with Crippen LogP contribution in [0.1, 0.15) is 45.6 Å². The Hall–Kier alpha value is -1.55. The van der Waals surface area contributed by atoms with E-state index in [-0.39, 0.29) is 5.91 Å². The quantitative estimate of drug-likeness (QED) is 0.847. The lowest BCUT2D eigenvalue weighted by Gasteiger charge is -2.31. The summed E-state index contributed by atoms with van der Waals surface area (Å²) < 4.78 is 5.43. The molecule has 1 unspecified atom stereocenters. The Bertz CT molecular complexity index is 522. The van der Waals surface area contributed by atoms with Gasteiger partial charge in [0.1, 0.15) is 5.75 Å². The minimum absolute atomic E-state index is 0.118. The lowest BCUT2D eigenvalue weighted by Crippen LogP contribution is -2.42. The maximum Gasteiger partial charge on any atom is 0.220 e. The normalized spacial score (nSPS) is 17.6. The van der Waals surface area contributed by atoms with Crippen LogP contribution in [0.15, 0.2) is 24.3 Å². The van der Waals surface area contributed by atoms with E-state index in [1.54, 1.807) is 7.11 Å². The van der Waals surface area contributed by atoms with Gasteiger partial charge in [0.25, 0.3) is 0 Å². The van der Waals surface area contributed by atoms with E-state index in [1.165, 1.54) is 12.8 Å². The van der Waals surface area contributed by atoms with E-state index >= 15 is 0 Å². The van der Waals surface area contributed by atoms with Crippen molar-refractivity contribution in [3.8, 4) is 5.75 Å². The lowest BCUT2D eigenvalue weighted by atomic mass is 9.83. The average Bonchev–Trinajstić information content (AvgIpc) is 2.55. The van der Waals surface area contributed by atoms with Gasteiger partial charge in [-0.1, -0.05) is 25.1 Å². The number of hydrogen-bond acceptors (Lipinski definition) is 3. The van der Waals surface area contributed by atoms with Gasteiger partial charge in [-0.3, -0.25) is 4.79 Å². The fourth-order valence-corrected chi connectivity index (χ4v) is 3.50. The topological polar surface area (TPSA) is 50.4 Å². The molecule has 0 spiro atoms. The van der Waals surface area contributed by atoms with Gasteiger partial charge < -0.3 is 15.4 Å². The van der Waals surface area contributed by atoms with Crippen LogP contribution < -0.4 is 15.4 Å². The third kappa shape index (κ3) is 4.71. The summed E-state index contributed by atoms with van der Waals surface area (Å²) in [7, 11) is 1.66. The third-order valence-electron chi connectivity index (χ3n) is 4.93. The van der Waals surface area contributed by atoms with E-state index in [4.69, 9.17) is 4.74 Å². The molecule has 0 bridgehead atoms. The maximum atomic E-state index is 12.5. The molecule has 1 aromatic carbocycles. The molecule has 1 aliphatic heterocycles. The van der Waals surface area contributed by atoms with Crippen molar-refractivity contribution in [1.82, 2.24) is 10.6 Å². The maximum absolute atomic E-state index is 12.5. The molecule has 0 saturated carbocycles. The number of carbonyl (C=O) groups is 1. The molecule has 4 nitrogen and oxygen atoms in total. The molecule has 1 fully saturated rings. The van der Waals surface area contributed by atoms with Crippen molar-refractivity contribution in [3.05, 3.63) is 29.8 Å². The molecular formula is C19H30N2O2. The Labute approximate surface area is 140 Å². The lowest BCUT2D eigenvalue weighted by molar-refractivity contribution is -0.124. The van der Waals surface area contributed by atoms with Gasteiger partial charge in [-0.15, -0.1) is 0 Å². The molecular weight excluding hydrogens is 288 g/mol. The summed E-state index contributed by atoms with van der Waals surface area (Å²) >= 11 is 0. The zero-order valence-electron chi connectivity index (χ0n) is 14.8. The van der Waals surface area contributed by atoms with Crippen LogP contribution in [0.3, 0.4) is 0 Å². The first-order valence-corrected chi connectivity index (χ1v) is 8.59. The number of amides is 1. The molecule has 4 heteroatoms. The van der Waals surface area contributed by atoms with Crippen LogP contribution >= 0.6 is 0 Å². The van der Waals surface area contributed by atoms with Crippen molar-refractivity contribution in [3.63, 3.8) is 0 Å². The van der Waals surface area contributed by atoms with Crippen molar-refractivity contribution in [1.29, 1.82) is 0 Å². The zero-order valence-corrected chi connectivity index (χ0v) is 14.8. The van der Waals surface area contributed by atoms with Crippen molar-refractivity contribution in [2.45, 2.75) is 45.6 Å². The van der Waals surface area contributed by atoms with Gasteiger partial charge >= 0.3 is 0 Å². The average molecular weight is 318 g/mol. The van der Waals surface area contributed by atoms with E-state index < -0.39 is 5.54 Å². The molecule has 0 aromatic heterocycles. The van der Waals surface area contributed by atoms with E-state index in [2.05, 4.69) is 17.6 Å². The second kappa shape index (κ2) is 7.82. The standard InChI is InChI=1S/C19H30N2O2/c1-14(15-9-11-20-12-10-15)13-18(22)21-19(2,3)16-7-5-6-8-17(16)23-4/h5-8,14-15,20H,9-13H2,1-4H3,(H,21,22). The molecule has 2 N–H and O–H groups in total. The number of piperidine rings is 1. The highest BCUT2D eigenvalue weighted by Gasteiger charge is 2.28. The fourth-order valence-electron chi connectivity index (χ4n) is 3.50. The number of rotatable bonds is 6. The summed E-state index contributed by atoms with van der Waals surface area (Å²) in [6.45, 7) is 8.40. The Kier molecular flexibility index (Phi) is 6.05. The monoisotopic (exact) mass is 318 g/mol. The summed E-state index contributed by atoms with van der Waals surface area (Å²) in [5, 5.41) is 6.56. The fraction of sp³-hybridized carbons (Fsp3) is 0.632. The highest BCUT2D eigenvalue weighted by Crippen LogP contribution is 2.30. The van der Waals surface area contributed by atoms with Gasteiger partial charge in [-0.2, -0.15) is 0 Å². The van der Waals surface area contributed by atoms with Gasteiger partial charge in [-0.25, -0.2) is 0 Å². The smallest absolute Gasteiger partial charge is 0.220 e. The summed E-state index contributed by atoms with van der Waals surface area (Å²) in [4.78, 5) is 12.5. The molecule has 1 saturated heterocycles. The van der Waals surface area contributed by atoms with E-state index in [1.807, 2.05) is 38.1 Å². The Morgan fingerprint density at radius 2 is 2.00 bits per heavy atom. The molecule has 1 aliphatic rings. The number of methoxy groups -OCH3 is 1. The predicted octanol–water partition coefficient (Wildman–Crippen LogP) is 3.07. The first kappa shape index (κ1) is 17.8. The molecule has 1 aromatic rings. The van der Waals surface area contributed by atoms with Crippen molar-refractivity contribution >= 4 is 5.91 Å². The number of benzene rings is 1. The van der Waals surface area contributed by atoms with Crippen LogP contribution in [0.2, 0.25) is 0 Å². The van der Waals surface area contributed by atoms with Crippen molar-refractivity contribution in [2.24, 2.45) is 11.8 Å². The molecule has 128 valence electrons. The number of para-hydroxylation sites is 1. The van der Waals surface area contributed by atoms with Gasteiger partial charge in [0.05, 0.1) is 12.6 Å². The second-order valence-electron chi connectivity index (χ2n) is 7.14. The first-order chi connectivity index (χ1) is 10.9. The Balaban J connectivity index is 1.97. The molecule has 0 aliphatic carbocycles. The number of hydrogen-bond donors (Lipinski definition) is 2. The van der Waals surface area contributed by atoms with Crippen LogP contribution in [0.4, 0.5) is 0 Å². The van der Waals surface area contributed by atoms with Crippen LogP contribution in [-0.4, -0.2) is 26.1 Å². The molecule has 0 radical (unpaired) electrons. The van der Waals surface area contributed by atoms with Gasteiger partial charge in [0, 0.05) is 12.0 Å². The van der Waals surface area contributed by atoms with Crippen LogP contribution in [-0.2, 0) is 10.3 Å². The largest absolute Gasteiger partial charge is 0.496 e. The van der Waals surface area contributed by atoms with Crippen LogP contribution in [0, 0.1) is 11.8 Å².